The largest absolute Gasteiger partial charge is 0.507 e. The second-order valence-corrected chi connectivity index (χ2v) is 9.50. The summed E-state index contributed by atoms with van der Waals surface area (Å²) in [5.74, 6) is 0.310. The fourth-order valence-corrected chi connectivity index (χ4v) is 4.71. The van der Waals surface area contributed by atoms with Crippen molar-refractivity contribution >= 4 is 29.2 Å². The van der Waals surface area contributed by atoms with Gasteiger partial charge in [-0.15, -0.1) is 0 Å². The van der Waals surface area contributed by atoms with E-state index in [1.807, 2.05) is 24.3 Å². The number of nitrogens with one attached hydrogen (secondary N) is 2. The summed E-state index contributed by atoms with van der Waals surface area (Å²) in [6.07, 6.45) is 6.06. The van der Waals surface area contributed by atoms with Gasteiger partial charge in [0.15, 0.2) is 0 Å². The average Bonchev–Trinajstić information content (AvgIpc) is 3.36. The van der Waals surface area contributed by atoms with Crippen LogP contribution in [-0.2, 0) is 11.3 Å². The Kier molecular flexibility index (Phi) is 6.28. The van der Waals surface area contributed by atoms with E-state index in [9.17, 15) is 14.7 Å². The minimum atomic E-state index is -0.333. The number of aromatic hydroxyl groups is 1. The highest BCUT2D eigenvalue weighted by Gasteiger charge is 2.30. The summed E-state index contributed by atoms with van der Waals surface area (Å²) in [6, 6.07) is 14.0. The molecule has 2 saturated carbocycles. The van der Waals surface area contributed by atoms with E-state index in [0.29, 0.717) is 28.5 Å². The van der Waals surface area contributed by atoms with Crippen LogP contribution in [0, 0.1) is 5.92 Å². The molecule has 2 amide bonds. The first-order valence-electron chi connectivity index (χ1n) is 11.8. The van der Waals surface area contributed by atoms with Crippen LogP contribution in [0.5, 0.6) is 5.75 Å². The number of benzene rings is 2. The van der Waals surface area contributed by atoms with Crippen molar-refractivity contribution in [3.63, 3.8) is 0 Å². The van der Waals surface area contributed by atoms with Gasteiger partial charge in [-0.3, -0.25) is 4.79 Å². The van der Waals surface area contributed by atoms with Gasteiger partial charge in [-0.25, -0.2) is 4.79 Å². The Hall–Kier alpha value is -3.32. The molecule has 2 aliphatic carbocycles. The maximum atomic E-state index is 13.1. The molecule has 0 saturated heterocycles. The number of hydrogen-bond acceptors (Lipinski definition) is 4. The lowest BCUT2D eigenvalue weighted by molar-refractivity contribution is -0.117. The van der Waals surface area contributed by atoms with Gasteiger partial charge in [0.2, 0.25) is 5.91 Å². The molecular formula is C26H27ClN4O3. The lowest BCUT2D eigenvalue weighted by Crippen LogP contribution is -2.30. The van der Waals surface area contributed by atoms with E-state index in [2.05, 4.69) is 15.7 Å². The van der Waals surface area contributed by atoms with Crippen LogP contribution in [0.15, 0.2) is 48.5 Å². The second-order valence-electron chi connectivity index (χ2n) is 9.09. The van der Waals surface area contributed by atoms with E-state index in [4.69, 9.17) is 11.6 Å². The highest BCUT2D eigenvalue weighted by atomic mass is 35.5. The Balaban J connectivity index is 1.40. The van der Waals surface area contributed by atoms with E-state index < -0.39 is 0 Å². The number of carbonyl (C=O) groups is 2. The van der Waals surface area contributed by atoms with Gasteiger partial charge in [-0.05, 0) is 55.5 Å². The van der Waals surface area contributed by atoms with E-state index in [-0.39, 0.29) is 29.5 Å². The van der Waals surface area contributed by atoms with Gasteiger partial charge in [0.05, 0.1) is 11.4 Å². The summed E-state index contributed by atoms with van der Waals surface area (Å²) in [7, 11) is 0. The van der Waals surface area contributed by atoms with Gasteiger partial charge in [0.25, 0.3) is 0 Å². The van der Waals surface area contributed by atoms with E-state index in [1.165, 1.54) is 10.7 Å². The number of rotatable bonds is 6. The Bertz CT molecular complexity index is 1230. The van der Waals surface area contributed by atoms with Crippen molar-refractivity contribution in [1.82, 2.24) is 15.1 Å². The number of halogens is 1. The van der Waals surface area contributed by atoms with Gasteiger partial charge in [0.1, 0.15) is 5.75 Å². The molecule has 0 unspecified atom stereocenters. The molecule has 1 aromatic heterocycles. The van der Waals surface area contributed by atoms with Crippen LogP contribution in [0.1, 0.15) is 55.7 Å². The number of phenols is 1. The molecule has 8 heteroatoms. The summed E-state index contributed by atoms with van der Waals surface area (Å²) in [4.78, 5) is 25.2. The van der Waals surface area contributed by atoms with Crippen LogP contribution in [0.3, 0.4) is 0 Å². The maximum Gasteiger partial charge on any atom is 0.342 e. The topological polar surface area (TPSA) is 96.3 Å². The third kappa shape index (κ3) is 4.80. The Morgan fingerprint density at radius 2 is 1.82 bits per heavy atom. The molecule has 0 radical (unpaired) electrons. The van der Waals surface area contributed by atoms with Gasteiger partial charge in [-0.2, -0.15) is 9.78 Å². The Morgan fingerprint density at radius 1 is 1.06 bits per heavy atom. The monoisotopic (exact) mass is 478 g/mol. The van der Waals surface area contributed by atoms with Crippen LogP contribution in [0.2, 0.25) is 5.02 Å². The molecule has 5 rings (SSSR count). The van der Waals surface area contributed by atoms with E-state index in [0.717, 1.165) is 49.8 Å². The molecule has 3 N–H and O–H groups in total. The summed E-state index contributed by atoms with van der Waals surface area (Å²) < 4.78 is 1.42. The smallest absolute Gasteiger partial charge is 0.342 e. The molecule has 3 aromatic rings. The zero-order valence-corrected chi connectivity index (χ0v) is 19.5. The molecule has 2 aliphatic rings. The van der Waals surface area contributed by atoms with E-state index >= 15 is 0 Å². The second kappa shape index (κ2) is 9.50. The summed E-state index contributed by atoms with van der Waals surface area (Å²) in [5, 5.41) is 21.6. The van der Waals surface area contributed by atoms with Crippen LogP contribution in [-0.4, -0.2) is 26.8 Å². The number of phenolic OH excluding ortho intramolecular Hbond substituents is 1. The first-order chi connectivity index (χ1) is 16.5. The van der Waals surface area contributed by atoms with Crippen LogP contribution in [0.25, 0.3) is 11.3 Å². The summed E-state index contributed by atoms with van der Waals surface area (Å²) >= 11 is 6.23. The summed E-state index contributed by atoms with van der Waals surface area (Å²) in [6.45, 7) is 0.290. The zero-order chi connectivity index (χ0) is 23.7. The highest BCUT2D eigenvalue weighted by Crippen LogP contribution is 2.38. The average molecular weight is 479 g/mol. The van der Waals surface area contributed by atoms with Gasteiger partial charge in [0, 0.05) is 40.7 Å². The Morgan fingerprint density at radius 3 is 2.53 bits per heavy atom. The minimum Gasteiger partial charge on any atom is -0.507 e. The van der Waals surface area contributed by atoms with Crippen LogP contribution < -0.4 is 10.6 Å². The Labute approximate surface area is 203 Å². The van der Waals surface area contributed by atoms with Crippen molar-refractivity contribution < 1.29 is 14.7 Å². The normalized spacial score (nSPS) is 15.9. The van der Waals surface area contributed by atoms with Gasteiger partial charge >= 0.3 is 6.03 Å². The SMILES string of the molecule is O=C(Nc1ccc(-c2cc(C3CCCC3)n(C(=O)NCc3ccccc3Cl)n2)c(O)c1)C1CC1. The van der Waals surface area contributed by atoms with Crippen LogP contribution in [0.4, 0.5) is 10.5 Å². The number of aromatic nitrogens is 2. The van der Waals surface area contributed by atoms with Crippen molar-refractivity contribution in [3.8, 4) is 17.0 Å². The zero-order valence-electron chi connectivity index (χ0n) is 18.8. The molecule has 7 nitrogen and oxygen atoms in total. The molecule has 2 fully saturated rings. The predicted octanol–water partition coefficient (Wildman–Crippen LogP) is 5.67. The number of hydrogen-bond donors (Lipinski definition) is 3. The minimum absolute atomic E-state index is 0.00712. The van der Waals surface area contributed by atoms with Gasteiger partial charge in [-0.1, -0.05) is 42.6 Å². The molecule has 1 heterocycles. The fraction of sp³-hybridized carbons (Fsp3) is 0.346. The molecule has 0 aliphatic heterocycles. The molecule has 0 atom stereocenters. The van der Waals surface area contributed by atoms with E-state index in [1.54, 1.807) is 18.2 Å². The highest BCUT2D eigenvalue weighted by molar-refractivity contribution is 6.31. The standard InChI is InChI=1S/C26H27ClN4O3/c27-21-8-4-3-7-18(21)15-28-26(34)31-23(16-5-1-2-6-16)14-22(30-31)20-12-11-19(13-24(20)32)29-25(33)17-9-10-17/h3-4,7-8,11-14,16-17,32H,1-2,5-6,9-10,15H2,(H,28,34)(H,29,33). The van der Waals surface area contributed by atoms with Crippen molar-refractivity contribution in [1.29, 1.82) is 0 Å². The number of carbonyl (C=O) groups excluding carboxylic acids is 2. The molecule has 2 aromatic carbocycles. The molecule has 34 heavy (non-hydrogen) atoms. The quantitative estimate of drug-likeness (QED) is 0.425. The first kappa shape index (κ1) is 22.5. The van der Waals surface area contributed by atoms with Crippen molar-refractivity contribution in [2.45, 2.75) is 51.0 Å². The lowest BCUT2D eigenvalue weighted by Gasteiger charge is -2.12. The van der Waals surface area contributed by atoms with Crippen molar-refractivity contribution in [2.24, 2.45) is 5.92 Å². The molecule has 0 bridgehead atoms. The molecule has 0 spiro atoms. The lowest BCUT2D eigenvalue weighted by atomic mass is 10.0. The predicted molar refractivity (Wildman–Crippen MR) is 131 cm³/mol. The van der Waals surface area contributed by atoms with Crippen molar-refractivity contribution in [2.75, 3.05) is 5.32 Å². The van der Waals surface area contributed by atoms with Crippen LogP contribution >= 0.6 is 11.6 Å². The number of nitrogens with zero attached hydrogens (tertiary/aromatic N) is 2. The van der Waals surface area contributed by atoms with Crippen molar-refractivity contribution in [3.05, 3.63) is 64.8 Å². The number of amides is 2. The first-order valence-corrected chi connectivity index (χ1v) is 12.1. The molecule has 176 valence electrons. The summed E-state index contributed by atoms with van der Waals surface area (Å²) in [5.41, 5.74) is 3.25. The fourth-order valence-electron chi connectivity index (χ4n) is 4.51. The number of anilines is 1. The third-order valence-corrected chi connectivity index (χ3v) is 6.95. The third-order valence-electron chi connectivity index (χ3n) is 6.58. The maximum absolute atomic E-state index is 13.1. The van der Waals surface area contributed by atoms with Gasteiger partial charge < -0.3 is 15.7 Å². The molecular weight excluding hydrogens is 452 g/mol.